The van der Waals surface area contributed by atoms with Crippen molar-refractivity contribution in [1.29, 1.82) is 0 Å². The molecule has 0 fully saturated rings. The fourth-order valence-corrected chi connectivity index (χ4v) is 1.96. The molecule has 0 saturated heterocycles. The molecular formula is C14H21ClN2O3. The Bertz CT molecular complexity index is 479. The number of halogens is 1. The lowest BCUT2D eigenvalue weighted by atomic mass is 10.0. The predicted molar refractivity (Wildman–Crippen MR) is 79.1 cm³/mol. The van der Waals surface area contributed by atoms with E-state index in [1.54, 1.807) is 11.9 Å². The van der Waals surface area contributed by atoms with E-state index in [1.165, 1.54) is 0 Å². The van der Waals surface area contributed by atoms with Gasteiger partial charge in [0.1, 0.15) is 0 Å². The van der Waals surface area contributed by atoms with Crippen LogP contribution in [0.25, 0.3) is 0 Å². The van der Waals surface area contributed by atoms with Gasteiger partial charge in [0.15, 0.2) is 11.5 Å². The second-order valence-electron chi connectivity index (χ2n) is 5.03. The van der Waals surface area contributed by atoms with Gasteiger partial charge in [-0.2, -0.15) is 0 Å². The number of benzene rings is 1. The first-order chi connectivity index (χ1) is 8.99. The molecule has 1 aliphatic rings. The summed E-state index contributed by atoms with van der Waals surface area (Å²) in [7, 11) is 1.78. The average Bonchev–Trinajstić information content (AvgIpc) is 2.84. The van der Waals surface area contributed by atoms with Crippen molar-refractivity contribution in [3.8, 4) is 11.5 Å². The van der Waals surface area contributed by atoms with E-state index in [4.69, 9.17) is 15.2 Å². The van der Waals surface area contributed by atoms with Crippen LogP contribution in [-0.2, 0) is 11.3 Å². The third-order valence-corrected chi connectivity index (χ3v) is 3.41. The van der Waals surface area contributed by atoms with Gasteiger partial charge in [-0.1, -0.05) is 13.0 Å². The molecule has 2 N–H and O–H groups in total. The Morgan fingerprint density at radius 1 is 1.35 bits per heavy atom. The minimum absolute atomic E-state index is 0. The van der Waals surface area contributed by atoms with Crippen molar-refractivity contribution in [3.05, 3.63) is 23.8 Å². The lowest BCUT2D eigenvalue weighted by Gasteiger charge is -2.23. The number of ether oxygens (including phenoxy) is 2. The molecule has 0 aromatic heterocycles. The highest BCUT2D eigenvalue weighted by Gasteiger charge is 2.21. The zero-order valence-electron chi connectivity index (χ0n) is 12.0. The van der Waals surface area contributed by atoms with Crippen LogP contribution in [0.15, 0.2) is 18.2 Å². The van der Waals surface area contributed by atoms with Gasteiger partial charge < -0.3 is 20.1 Å². The van der Waals surface area contributed by atoms with Crippen molar-refractivity contribution < 1.29 is 14.3 Å². The van der Waals surface area contributed by atoms with Crippen molar-refractivity contribution in [3.63, 3.8) is 0 Å². The number of carbonyl (C=O) groups is 1. The maximum Gasteiger partial charge on any atom is 0.231 e. The number of amides is 1. The van der Waals surface area contributed by atoms with Crippen LogP contribution in [0, 0.1) is 5.92 Å². The van der Waals surface area contributed by atoms with Crippen LogP contribution in [0.5, 0.6) is 11.5 Å². The first-order valence-electron chi connectivity index (χ1n) is 6.38. The number of hydrogen-bond donors (Lipinski definition) is 1. The van der Waals surface area contributed by atoms with Crippen LogP contribution < -0.4 is 15.2 Å². The SMILES string of the molecule is CC(N)C(C)C(=O)N(C)Cc1ccc2c(c1)OCO2.Cl. The topological polar surface area (TPSA) is 64.8 Å². The van der Waals surface area contributed by atoms with E-state index in [0.29, 0.717) is 6.54 Å². The summed E-state index contributed by atoms with van der Waals surface area (Å²) in [4.78, 5) is 13.8. The normalized spacial score (nSPS) is 15.2. The molecule has 0 aliphatic carbocycles. The second kappa shape index (κ2) is 6.81. The molecule has 2 rings (SSSR count). The number of fused-ring (bicyclic) bond motifs is 1. The summed E-state index contributed by atoms with van der Waals surface area (Å²) in [5, 5.41) is 0. The van der Waals surface area contributed by atoms with Crippen LogP contribution in [0.3, 0.4) is 0 Å². The van der Waals surface area contributed by atoms with Crippen LogP contribution in [-0.4, -0.2) is 30.7 Å². The maximum atomic E-state index is 12.1. The van der Waals surface area contributed by atoms with Gasteiger partial charge in [-0.05, 0) is 24.6 Å². The third kappa shape index (κ3) is 3.55. The summed E-state index contributed by atoms with van der Waals surface area (Å²) >= 11 is 0. The molecule has 2 unspecified atom stereocenters. The molecule has 0 saturated carbocycles. The molecular weight excluding hydrogens is 280 g/mol. The molecule has 1 aliphatic heterocycles. The highest BCUT2D eigenvalue weighted by molar-refractivity contribution is 5.85. The quantitative estimate of drug-likeness (QED) is 0.920. The van der Waals surface area contributed by atoms with Gasteiger partial charge in [0, 0.05) is 19.6 Å². The summed E-state index contributed by atoms with van der Waals surface area (Å²) in [6.07, 6.45) is 0. The monoisotopic (exact) mass is 300 g/mol. The summed E-state index contributed by atoms with van der Waals surface area (Å²) in [5.74, 6) is 1.35. The fourth-order valence-electron chi connectivity index (χ4n) is 1.96. The molecule has 5 nitrogen and oxygen atoms in total. The molecule has 0 radical (unpaired) electrons. The number of hydrogen-bond acceptors (Lipinski definition) is 4. The van der Waals surface area contributed by atoms with E-state index < -0.39 is 0 Å². The molecule has 20 heavy (non-hydrogen) atoms. The zero-order chi connectivity index (χ0) is 14.0. The van der Waals surface area contributed by atoms with Crippen LogP contribution in [0.1, 0.15) is 19.4 Å². The Kier molecular flexibility index (Phi) is 5.65. The summed E-state index contributed by atoms with van der Waals surface area (Å²) in [6, 6.07) is 5.56. The van der Waals surface area contributed by atoms with E-state index in [2.05, 4.69) is 0 Å². The summed E-state index contributed by atoms with van der Waals surface area (Å²) in [5.41, 5.74) is 6.77. The highest BCUT2D eigenvalue weighted by atomic mass is 35.5. The second-order valence-corrected chi connectivity index (χ2v) is 5.03. The van der Waals surface area contributed by atoms with Gasteiger partial charge in [0.05, 0.1) is 5.92 Å². The number of nitrogens with zero attached hydrogens (tertiary/aromatic N) is 1. The van der Waals surface area contributed by atoms with E-state index in [1.807, 2.05) is 32.0 Å². The van der Waals surface area contributed by atoms with E-state index >= 15 is 0 Å². The maximum absolute atomic E-state index is 12.1. The molecule has 112 valence electrons. The first-order valence-corrected chi connectivity index (χ1v) is 6.38. The van der Waals surface area contributed by atoms with Crippen LogP contribution >= 0.6 is 12.4 Å². The minimum Gasteiger partial charge on any atom is -0.454 e. The molecule has 1 amide bonds. The number of carbonyl (C=O) groups excluding carboxylic acids is 1. The molecule has 0 bridgehead atoms. The van der Waals surface area contributed by atoms with Crippen molar-refractivity contribution in [2.45, 2.75) is 26.4 Å². The largest absolute Gasteiger partial charge is 0.454 e. The van der Waals surface area contributed by atoms with Gasteiger partial charge in [-0.3, -0.25) is 4.79 Å². The van der Waals surface area contributed by atoms with Gasteiger partial charge in [0.25, 0.3) is 0 Å². The van der Waals surface area contributed by atoms with E-state index in [0.717, 1.165) is 17.1 Å². The molecule has 2 atom stereocenters. The molecule has 1 aromatic carbocycles. The molecule has 1 heterocycles. The Labute approximate surface area is 125 Å². The van der Waals surface area contributed by atoms with Gasteiger partial charge in [-0.15, -0.1) is 12.4 Å². The Balaban J connectivity index is 0.00000200. The Hall–Kier alpha value is -1.46. The molecule has 0 spiro atoms. The van der Waals surface area contributed by atoms with Crippen LogP contribution in [0.2, 0.25) is 0 Å². The number of nitrogens with two attached hydrogens (primary N) is 1. The van der Waals surface area contributed by atoms with Crippen molar-refractivity contribution in [2.75, 3.05) is 13.8 Å². The van der Waals surface area contributed by atoms with E-state index in [9.17, 15) is 4.79 Å². The zero-order valence-corrected chi connectivity index (χ0v) is 12.8. The standard InChI is InChI=1S/C14H20N2O3.ClH/c1-9(10(2)15)14(17)16(3)7-11-4-5-12-13(6-11)19-8-18-12;/h4-6,9-10H,7-8,15H2,1-3H3;1H. The van der Waals surface area contributed by atoms with E-state index in [-0.39, 0.29) is 37.1 Å². The van der Waals surface area contributed by atoms with Gasteiger partial charge >= 0.3 is 0 Å². The van der Waals surface area contributed by atoms with Crippen molar-refractivity contribution in [2.24, 2.45) is 11.7 Å². The highest BCUT2D eigenvalue weighted by Crippen LogP contribution is 2.32. The lowest BCUT2D eigenvalue weighted by molar-refractivity contribution is -0.134. The lowest BCUT2D eigenvalue weighted by Crippen LogP contribution is -2.39. The number of rotatable bonds is 4. The fraction of sp³-hybridized carbons (Fsp3) is 0.500. The Morgan fingerprint density at radius 2 is 2.00 bits per heavy atom. The van der Waals surface area contributed by atoms with Crippen LogP contribution in [0.4, 0.5) is 0 Å². The Morgan fingerprint density at radius 3 is 2.65 bits per heavy atom. The smallest absolute Gasteiger partial charge is 0.231 e. The minimum atomic E-state index is -0.181. The van der Waals surface area contributed by atoms with Gasteiger partial charge in [-0.25, -0.2) is 0 Å². The van der Waals surface area contributed by atoms with Gasteiger partial charge in [0.2, 0.25) is 12.7 Å². The summed E-state index contributed by atoms with van der Waals surface area (Å²) in [6.45, 7) is 4.49. The van der Waals surface area contributed by atoms with Crippen molar-refractivity contribution in [1.82, 2.24) is 4.90 Å². The molecule has 1 aromatic rings. The molecule has 6 heteroatoms. The first kappa shape index (κ1) is 16.6. The van der Waals surface area contributed by atoms with Crippen molar-refractivity contribution >= 4 is 18.3 Å². The summed E-state index contributed by atoms with van der Waals surface area (Å²) < 4.78 is 10.6. The third-order valence-electron chi connectivity index (χ3n) is 3.41. The average molecular weight is 301 g/mol. The predicted octanol–water partition coefficient (Wildman–Crippen LogP) is 1.78.